The van der Waals surface area contributed by atoms with Crippen LogP contribution in [-0.4, -0.2) is 27.1 Å². The van der Waals surface area contributed by atoms with Gasteiger partial charge in [0, 0.05) is 12.7 Å². The maximum Gasteiger partial charge on any atom is 0.387 e. The van der Waals surface area contributed by atoms with Crippen molar-refractivity contribution in [2.24, 2.45) is 0 Å². The molecule has 0 amide bonds. The van der Waals surface area contributed by atoms with Crippen LogP contribution in [0.3, 0.4) is 0 Å². The van der Waals surface area contributed by atoms with Crippen molar-refractivity contribution in [1.29, 1.82) is 0 Å². The lowest BCUT2D eigenvalue weighted by molar-refractivity contribution is -0.0498. The lowest BCUT2D eigenvalue weighted by Gasteiger charge is -2.08. The molecule has 1 aromatic heterocycles. The number of anilines is 1. The molecule has 9 heteroatoms. The van der Waals surface area contributed by atoms with E-state index in [4.69, 9.17) is 0 Å². The molecule has 23 heavy (non-hydrogen) atoms. The minimum absolute atomic E-state index is 0.0686. The first kappa shape index (κ1) is 17.1. The molecule has 0 aliphatic carbocycles. The van der Waals surface area contributed by atoms with Crippen LogP contribution in [0, 0.1) is 0 Å². The van der Waals surface area contributed by atoms with Crippen LogP contribution in [0.4, 0.5) is 14.6 Å². The van der Waals surface area contributed by atoms with Crippen molar-refractivity contribution in [3.63, 3.8) is 0 Å². The van der Waals surface area contributed by atoms with Crippen molar-refractivity contribution in [3.05, 3.63) is 48.2 Å². The zero-order valence-corrected chi connectivity index (χ0v) is 13.0. The van der Waals surface area contributed by atoms with E-state index in [9.17, 15) is 17.2 Å². The highest BCUT2D eigenvalue weighted by Crippen LogP contribution is 2.16. The Kier molecular flexibility index (Phi) is 5.45. The number of aromatic nitrogens is 1. The zero-order chi connectivity index (χ0) is 16.9. The molecule has 0 aliphatic heterocycles. The summed E-state index contributed by atoms with van der Waals surface area (Å²) in [5.41, 5.74) is 0.834. The van der Waals surface area contributed by atoms with E-state index >= 15 is 0 Å². The van der Waals surface area contributed by atoms with Crippen LogP contribution in [0.5, 0.6) is 5.75 Å². The first-order valence-corrected chi connectivity index (χ1v) is 8.06. The second-order valence-corrected chi connectivity index (χ2v) is 6.35. The lowest BCUT2D eigenvalue weighted by atomic mass is 10.2. The number of nitrogens with zero attached hydrogens (tertiary/aromatic N) is 1. The lowest BCUT2D eigenvalue weighted by Crippen LogP contribution is -2.18. The summed E-state index contributed by atoms with van der Waals surface area (Å²) in [6, 6.07) is 9.15. The van der Waals surface area contributed by atoms with Crippen molar-refractivity contribution in [2.45, 2.75) is 18.1 Å². The van der Waals surface area contributed by atoms with Gasteiger partial charge in [0.15, 0.2) is 0 Å². The van der Waals surface area contributed by atoms with Crippen LogP contribution in [0.2, 0.25) is 0 Å². The molecule has 2 aromatic rings. The van der Waals surface area contributed by atoms with Gasteiger partial charge in [-0.25, -0.2) is 18.1 Å². The van der Waals surface area contributed by atoms with Crippen molar-refractivity contribution < 1.29 is 21.9 Å². The molecule has 6 nitrogen and oxygen atoms in total. The topological polar surface area (TPSA) is 80.3 Å². The van der Waals surface area contributed by atoms with Crippen LogP contribution in [0.25, 0.3) is 0 Å². The van der Waals surface area contributed by atoms with Crippen molar-refractivity contribution in [1.82, 2.24) is 9.71 Å². The van der Waals surface area contributed by atoms with Gasteiger partial charge >= 0.3 is 6.61 Å². The van der Waals surface area contributed by atoms with E-state index in [2.05, 4.69) is 19.8 Å². The monoisotopic (exact) mass is 343 g/mol. The molecular weight excluding hydrogens is 328 g/mol. The Morgan fingerprint density at radius 3 is 2.39 bits per heavy atom. The van der Waals surface area contributed by atoms with Gasteiger partial charge in [-0.1, -0.05) is 12.1 Å². The largest absolute Gasteiger partial charge is 0.435 e. The number of pyridine rings is 1. The predicted octanol–water partition coefficient (Wildman–Crippen LogP) is 2.20. The summed E-state index contributed by atoms with van der Waals surface area (Å²) < 4.78 is 53.7. The minimum Gasteiger partial charge on any atom is -0.435 e. The van der Waals surface area contributed by atoms with E-state index in [1.807, 2.05) is 0 Å². The Hall–Kier alpha value is -2.26. The third-order valence-electron chi connectivity index (χ3n) is 2.94. The van der Waals surface area contributed by atoms with Gasteiger partial charge in [-0.2, -0.15) is 8.78 Å². The number of halogens is 2. The summed E-state index contributed by atoms with van der Waals surface area (Å²) >= 11 is 0. The Labute approximate surface area is 132 Å². The second kappa shape index (κ2) is 7.34. The molecule has 0 atom stereocenters. The van der Waals surface area contributed by atoms with Crippen LogP contribution in [0.1, 0.15) is 5.56 Å². The molecular formula is C14H15F2N3O3S. The number of rotatable bonds is 7. The molecule has 0 saturated heterocycles. The Balaban J connectivity index is 1.96. The number of hydrogen-bond acceptors (Lipinski definition) is 5. The van der Waals surface area contributed by atoms with Crippen molar-refractivity contribution in [3.8, 4) is 5.75 Å². The molecule has 0 unspecified atom stereocenters. The molecule has 0 saturated carbocycles. The zero-order valence-electron chi connectivity index (χ0n) is 12.2. The Bertz CT molecular complexity index is 735. The maximum absolute atomic E-state index is 12.0. The third kappa shape index (κ3) is 4.86. The summed E-state index contributed by atoms with van der Waals surface area (Å²) in [6.07, 6.45) is 1.24. The van der Waals surface area contributed by atoms with Gasteiger partial charge in [-0.3, -0.25) is 0 Å². The summed E-state index contributed by atoms with van der Waals surface area (Å²) in [4.78, 5) is 4.08. The SMILES string of the molecule is CNS(=O)(=O)c1ccc(NCc2ccc(OC(F)F)cc2)nc1. The van der Waals surface area contributed by atoms with E-state index < -0.39 is 16.6 Å². The van der Waals surface area contributed by atoms with Gasteiger partial charge in [-0.05, 0) is 36.9 Å². The number of sulfonamides is 1. The molecule has 1 heterocycles. The molecule has 1 aromatic carbocycles. The normalized spacial score (nSPS) is 11.5. The summed E-state index contributed by atoms with van der Waals surface area (Å²) in [6.45, 7) is -2.45. The van der Waals surface area contributed by atoms with Gasteiger partial charge < -0.3 is 10.1 Å². The minimum atomic E-state index is -3.51. The number of nitrogens with one attached hydrogen (secondary N) is 2. The quantitative estimate of drug-likeness (QED) is 0.806. The highest BCUT2D eigenvalue weighted by atomic mass is 32.2. The summed E-state index contributed by atoms with van der Waals surface area (Å²) in [5.74, 6) is 0.580. The number of hydrogen-bond donors (Lipinski definition) is 2. The van der Waals surface area contributed by atoms with Crippen LogP contribution in [-0.2, 0) is 16.6 Å². The Morgan fingerprint density at radius 1 is 1.17 bits per heavy atom. The first-order valence-electron chi connectivity index (χ1n) is 6.58. The molecule has 2 rings (SSSR count). The van der Waals surface area contributed by atoms with Crippen LogP contribution in [0.15, 0.2) is 47.5 Å². The third-order valence-corrected chi connectivity index (χ3v) is 4.34. The standard InChI is InChI=1S/C14H15F2N3O3S/c1-17-23(20,21)12-6-7-13(19-9-12)18-8-10-2-4-11(5-3-10)22-14(15)16/h2-7,9,14,17H,8H2,1H3,(H,18,19). The molecule has 0 aliphatic rings. The highest BCUT2D eigenvalue weighted by molar-refractivity contribution is 7.89. The number of benzene rings is 1. The van der Waals surface area contributed by atoms with E-state index in [0.717, 1.165) is 5.56 Å². The van der Waals surface area contributed by atoms with Gasteiger partial charge in [0.1, 0.15) is 16.5 Å². The number of ether oxygens (including phenoxy) is 1. The fraction of sp³-hybridized carbons (Fsp3) is 0.214. The molecule has 0 spiro atoms. The van der Waals surface area contributed by atoms with E-state index in [-0.39, 0.29) is 10.6 Å². The Morgan fingerprint density at radius 2 is 1.87 bits per heavy atom. The maximum atomic E-state index is 12.0. The van der Waals surface area contributed by atoms with E-state index in [0.29, 0.717) is 12.4 Å². The first-order chi connectivity index (χ1) is 10.9. The van der Waals surface area contributed by atoms with Gasteiger partial charge in [0.05, 0.1) is 0 Å². The average Bonchev–Trinajstić information content (AvgIpc) is 2.54. The fourth-order valence-electron chi connectivity index (χ4n) is 1.74. The number of alkyl halides is 2. The van der Waals surface area contributed by atoms with E-state index in [1.54, 1.807) is 18.2 Å². The smallest absolute Gasteiger partial charge is 0.387 e. The summed E-state index contributed by atoms with van der Waals surface area (Å²) in [5, 5.41) is 3.00. The van der Waals surface area contributed by atoms with Gasteiger partial charge in [0.25, 0.3) is 0 Å². The molecule has 0 radical (unpaired) electrons. The highest BCUT2D eigenvalue weighted by Gasteiger charge is 2.11. The molecule has 124 valence electrons. The molecule has 2 N–H and O–H groups in total. The van der Waals surface area contributed by atoms with Crippen molar-refractivity contribution in [2.75, 3.05) is 12.4 Å². The predicted molar refractivity (Wildman–Crippen MR) is 80.9 cm³/mol. The summed E-state index contributed by atoms with van der Waals surface area (Å²) in [7, 11) is -2.19. The van der Waals surface area contributed by atoms with Crippen molar-refractivity contribution >= 4 is 15.8 Å². The average molecular weight is 343 g/mol. The molecule has 0 fully saturated rings. The van der Waals surface area contributed by atoms with Gasteiger partial charge in [0.2, 0.25) is 10.0 Å². The van der Waals surface area contributed by atoms with Gasteiger partial charge in [-0.15, -0.1) is 0 Å². The fourth-order valence-corrected chi connectivity index (χ4v) is 2.42. The molecule has 0 bridgehead atoms. The van der Waals surface area contributed by atoms with Crippen LogP contribution >= 0.6 is 0 Å². The second-order valence-electron chi connectivity index (χ2n) is 4.46. The van der Waals surface area contributed by atoms with E-state index in [1.165, 1.54) is 31.4 Å². The van der Waals surface area contributed by atoms with Crippen LogP contribution < -0.4 is 14.8 Å².